The van der Waals surface area contributed by atoms with Crippen molar-refractivity contribution in [2.75, 3.05) is 6.73 Å². The molecule has 0 saturated heterocycles. The summed E-state index contributed by atoms with van der Waals surface area (Å²) in [6, 6.07) is 13.3. The summed E-state index contributed by atoms with van der Waals surface area (Å²) in [5, 5.41) is 11.9. The number of rotatable bonds is 4. The summed E-state index contributed by atoms with van der Waals surface area (Å²) in [5.41, 5.74) is 3.67. The highest BCUT2D eigenvalue weighted by Gasteiger charge is 2.35. The Morgan fingerprint density at radius 2 is 1.88 bits per heavy atom. The molecular weight excluding hydrogens is 479 g/mol. The van der Waals surface area contributed by atoms with Crippen LogP contribution in [0.5, 0.6) is 11.5 Å². The molecule has 0 amide bonds. The third kappa shape index (κ3) is 4.14. The van der Waals surface area contributed by atoms with E-state index in [-0.39, 0.29) is 17.2 Å². The van der Waals surface area contributed by atoms with E-state index in [9.17, 15) is 14.9 Å². The molecule has 172 valence electrons. The van der Waals surface area contributed by atoms with Crippen molar-refractivity contribution in [2.45, 2.75) is 20.0 Å². The highest BCUT2D eigenvalue weighted by molar-refractivity contribution is 6.42. The van der Waals surface area contributed by atoms with Crippen LogP contribution in [0.1, 0.15) is 32.6 Å². The van der Waals surface area contributed by atoms with Crippen LogP contribution in [0, 0.1) is 17.0 Å². The lowest BCUT2D eigenvalue weighted by molar-refractivity contribution is -0.384. The van der Waals surface area contributed by atoms with Crippen molar-refractivity contribution < 1.29 is 19.2 Å². The number of hydrogen-bond donors (Lipinski definition) is 0. The van der Waals surface area contributed by atoms with Crippen molar-refractivity contribution in [1.29, 1.82) is 0 Å². The SMILES string of the molecule is Cc1cc2c(c3c1C(=O)/C(=C/c1ccc([N+](=O)[O-])cc1)O3)CN(Cc1ccc(Cl)c(Cl)c1)CO2. The van der Waals surface area contributed by atoms with Gasteiger partial charge in [-0.2, -0.15) is 0 Å². The second-order valence-corrected chi connectivity index (χ2v) is 8.99. The lowest BCUT2D eigenvalue weighted by Gasteiger charge is -2.30. The predicted octanol–water partition coefficient (Wildman–Crippen LogP) is 6.18. The van der Waals surface area contributed by atoms with Gasteiger partial charge in [-0.3, -0.25) is 19.8 Å². The van der Waals surface area contributed by atoms with E-state index in [1.54, 1.807) is 24.3 Å². The maximum Gasteiger partial charge on any atom is 0.269 e. The van der Waals surface area contributed by atoms with Gasteiger partial charge in [-0.05, 0) is 60.0 Å². The third-order valence-corrected chi connectivity index (χ3v) is 6.52. The van der Waals surface area contributed by atoms with Gasteiger partial charge < -0.3 is 9.47 Å². The number of non-ortho nitro benzene ring substituents is 1. The number of nitro groups is 1. The molecule has 3 aromatic rings. The van der Waals surface area contributed by atoms with Crippen molar-refractivity contribution in [3.63, 3.8) is 0 Å². The molecule has 0 atom stereocenters. The number of fused-ring (bicyclic) bond motifs is 3. The summed E-state index contributed by atoms with van der Waals surface area (Å²) >= 11 is 12.2. The number of allylic oxidation sites excluding steroid dienone is 1. The number of halogens is 2. The van der Waals surface area contributed by atoms with E-state index in [1.807, 2.05) is 25.1 Å². The van der Waals surface area contributed by atoms with E-state index in [1.165, 1.54) is 12.1 Å². The third-order valence-electron chi connectivity index (χ3n) is 5.78. The Morgan fingerprint density at radius 1 is 1.12 bits per heavy atom. The first-order valence-electron chi connectivity index (χ1n) is 10.4. The molecule has 0 saturated carbocycles. The van der Waals surface area contributed by atoms with Gasteiger partial charge in [0.15, 0.2) is 5.76 Å². The summed E-state index contributed by atoms with van der Waals surface area (Å²) in [6.45, 7) is 3.33. The van der Waals surface area contributed by atoms with E-state index in [0.29, 0.717) is 52.5 Å². The maximum atomic E-state index is 13.1. The Hall–Kier alpha value is -3.39. The minimum atomic E-state index is -0.469. The molecule has 0 bridgehead atoms. The van der Waals surface area contributed by atoms with Crippen molar-refractivity contribution in [3.8, 4) is 11.5 Å². The van der Waals surface area contributed by atoms with E-state index in [2.05, 4.69) is 4.90 Å². The molecule has 7 nitrogen and oxygen atoms in total. The van der Waals surface area contributed by atoms with Crippen LogP contribution in [0.15, 0.2) is 54.3 Å². The summed E-state index contributed by atoms with van der Waals surface area (Å²) < 4.78 is 12.0. The lowest BCUT2D eigenvalue weighted by atomic mass is 9.98. The molecule has 2 aliphatic rings. The first-order valence-corrected chi connectivity index (χ1v) is 11.2. The van der Waals surface area contributed by atoms with Gasteiger partial charge in [-0.15, -0.1) is 0 Å². The molecule has 3 aromatic carbocycles. The first kappa shape index (κ1) is 22.4. The van der Waals surface area contributed by atoms with Crippen LogP contribution in [-0.2, 0) is 13.1 Å². The number of nitro benzene ring substituents is 1. The highest BCUT2D eigenvalue weighted by Crippen LogP contribution is 2.44. The number of aryl methyl sites for hydroxylation is 1. The summed E-state index contributed by atoms with van der Waals surface area (Å²) in [5.74, 6) is 1.12. The summed E-state index contributed by atoms with van der Waals surface area (Å²) in [6.07, 6.45) is 1.59. The quantitative estimate of drug-likeness (QED) is 0.243. The maximum absolute atomic E-state index is 13.1. The number of nitrogens with zero attached hydrogens (tertiary/aromatic N) is 2. The lowest BCUT2D eigenvalue weighted by Crippen LogP contribution is -2.31. The first-order chi connectivity index (χ1) is 16.3. The van der Waals surface area contributed by atoms with Gasteiger partial charge in [-0.1, -0.05) is 29.3 Å². The van der Waals surface area contributed by atoms with E-state index in [0.717, 1.165) is 16.7 Å². The number of carbonyl (C=O) groups excluding carboxylic acids is 1. The van der Waals surface area contributed by atoms with Gasteiger partial charge in [0, 0.05) is 25.2 Å². The summed E-state index contributed by atoms with van der Waals surface area (Å²) in [7, 11) is 0. The number of benzene rings is 3. The fourth-order valence-corrected chi connectivity index (χ4v) is 4.44. The van der Waals surface area contributed by atoms with Crippen molar-refractivity contribution in [1.82, 2.24) is 4.90 Å². The van der Waals surface area contributed by atoms with Crippen molar-refractivity contribution in [3.05, 3.63) is 102 Å². The van der Waals surface area contributed by atoms with E-state index in [4.69, 9.17) is 32.7 Å². The minimum absolute atomic E-state index is 0.0202. The van der Waals surface area contributed by atoms with Gasteiger partial charge in [0.05, 0.1) is 26.1 Å². The molecule has 34 heavy (non-hydrogen) atoms. The number of hydrogen-bond acceptors (Lipinski definition) is 6. The molecule has 0 aliphatic carbocycles. The molecule has 0 fully saturated rings. The van der Waals surface area contributed by atoms with Crippen molar-refractivity contribution >= 4 is 40.7 Å². The molecule has 9 heteroatoms. The normalized spacial score (nSPS) is 16.1. The smallest absolute Gasteiger partial charge is 0.269 e. The second kappa shape index (κ2) is 8.76. The minimum Gasteiger partial charge on any atom is -0.478 e. The Kier molecular flexibility index (Phi) is 5.77. The predicted molar refractivity (Wildman–Crippen MR) is 128 cm³/mol. The molecule has 5 rings (SSSR count). The van der Waals surface area contributed by atoms with E-state index >= 15 is 0 Å². The van der Waals surface area contributed by atoms with Crippen LogP contribution < -0.4 is 9.47 Å². The van der Waals surface area contributed by atoms with Crippen LogP contribution in [0.3, 0.4) is 0 Å². The van der Waals surface area contributed by atoms with Gasteiger partial charge in [0.2, 0.25) is 5.78 Å². The number of ether oxygens (including phenoxy) is 2. The molecule has 0 spiro atoms. The molecule has 2 aliphatic heterocycles. The van der Waals surface area contributed by atoms with Gasteiger partial charge in [0.25, 0.3) is 5.69 Å². The van der Waals surface area contributed by atoms with Gasteiger partial charge in [0.1, 0.15) is 18.2 Å². The van der Waals surface area contributed by atoms with Crippen LogP contribution in [-0.4, -0.2) is 22.3 Å². The van der Waals surface area contributed by atoms with Crippen LogP contribution in [0.4, 0.5) is 5.69 Å². The fraction of sp³-hybridized carbons (Fsp3) is 0.160. The Labute approximate surface area is 205 Å². The standard InChI is InChI=1S/C25H18Cl2N2O5/c1-14-8-21-18(12-28(13-33-21)11-16-4-7-19(26)20(27)9-16)25-23(14)24(30)22(34-25)10-15-2-5-17(6-3-15)29(31)32/h2-10H,11-13H2,1H3/b22-10-. The Morgan fingerprint density at radius 3 is 2.59 bits per heavy atom. The number of Topliss-reactive ketones (excluding diaryl/α,β-unsaturated/α-hetero) is 1. The second-order valence-electron chi connectivity index (χ2n) is 8.17. The van der Waals surface area contributed by atoms with E-state index < -0.39 is 4.92 Å². The zero-order chi connectivity index (χ0) is 24.0. The van der Waals surface area contributed by atoms with Crippen LogP contribution in [0.25, 0.3) is 6.08 Å². The summed E-state index contributed by atoms with van der Waals surface area (Å²) in [4.78, 5) is 25.6. The molecule has 0 aromatic heterocycles. The largest absolute Gasteiger partial charge is 0.478 e. The Bertz CT molecular complexity index is 1370. The molecular formula is C25H18Cl2N2O5. The Balaban J connectivity index is 1.43. The zero-order valence-electron chi connectivity index (χ0n) is 18.0. The van der Waals surface area contributed by atoms with Crippen LogP contribution >= 0.6 is 23.2 Å². The average molecular weight is 497 g/mol. The molecule has 0 unspecified atom stereocenters. The molecule has 2 heterocycles. The fourth-order valence-electron chi connectivity index (χ4n) is 4.12. The topological polar surface area (TPSA) is 81.9 Å². The van der Waals surface area contributed by atoms with Crippen LogP contribution in [0.2, 0.25) is 10.0 Å². The van der Waals surface area contributed by atoms with Crippen molar-refractivity contribution in [2.24, 2.45) is 0 Å². The van der Waals surface area contributed by atoms with Gasteiger partial charge >= 0.3 is 0 Å². The molecule has 0 radical (unpaired) electrons. The highest BCUT2D eigenvalue weighted by atomic mass is 35.5. The average Bonchev–Trinajstić information content (AvgIpc) is 3.14. The monoisotopic (exact) mass is 496 g/mol. The number of carbonyl (C=O) groups is 1. The zero-order valence-corrected chi connectivity index (χ0v) is 19.5. The number of ketones is 1. The van der Waals surface area contributed by atoms with Gasteiger partial charge in [-0.25, -0.2) is 0 Å². The molecule has 0 N–H and O–H groups in total.